The van der Waals surface area contributed by atoms with Crippen LogP contribution in [0.3, 0.4) is 0 Å². The molecule has 0 aromatic heterocycles. The van der Waals surface area contributed by atoms with E-state index in [1.807, 2.05) is 6.07 Å². The van der Waals surface area contributed by atoms with E-state index in [2.05, 4.69) is 35.2 Å². The summed E-state index contributed by atoms with van der Waals surface area (Å²) in [6.07, 6.45) is 0.911. The van der Waals surface area contributed by atoms with Crippen LogP contribution in [0, 0.1) is 0 Å². The van der Waals surface area contributed by atoms with Crippen LogP contribution in [0.4, 0.5) is 0 Å². The molecule has 0 spiro atoms. The van der Waals surface area contributed by atoms with Gasteiger partial charge in [0, 0.05) is 6.54 Å². The Morgan fingerprint density at radius 3 is 2.88 bits per heavy atom. The van der Waals surface area contributed by atoms with Crippen LogP contribution in [-0.4, -0.2) is 13.7 Å². The van der Waals surface area contributed by atoms with Gasteiger partial charge in [0.15, 0.2) is 0 Å². The van der Waals surface area contributed by atoms with E-state index in [0.29, 0.717) is 0 Å². The lowest BCUT2D eigenvalue weighted by molar-refractivity contribution is 0.415. The van der Waals surface area contributed by atoms with E-state index in [9.17, 15) is 0 Å². The summed E-state index contributed by atoms with van der Waals surface area (Å²) < 4.78 is 5.24. The minimum Gasteiger partial charge on any atom is -0.497 e. The highest BCUT2D eigenvalue weighted by molar-refractivity contribution is 6.13. The van der Waals surface area contributed by atoms with Crippen LogP contribution in [0.1, 0.15) is 5.56 Å². The maximum Gasteiger partial charge on any atom is 0.119 e. The molecule has 0 atom stereocenters. The maximum atomic E-state index is 5.49. The molecule has 0 unspecified atom stereocenters. The van der Waals surface area contributed by atoms with Gasteiger partial charge in [0.25, 0.3) is 0 Å². The molecule has 0 radical (unpaired) electrons. The van der Waals surface area contributed by atoms with E-state index in [4.69, 9.17) is 16.5 Å². The van der Waals surface area contributed by atoms with Gasteiger partial charge in [-0.25, -0.2) is 4.84 Å². The predicted molar refractivity (Wildman–Crippen MR) is 68.1 cm³/mol. The molecule has 0 saturated heterocycles. The summed E-state index contributed by atoms with van der Waals surface area (Å²) in [5.41, 5.74) is 1.28. The van der Waals surface area contributed by atoms with Crippen LogP contribution in [0.15, 0.2) is 36.4 Å². The summed E-state index contributed by atoms with van der Waals surface area (Å²) in [7, 11) is 1.68. The zero-order valence-corrected chi connectivity index (χ0v) is 9.92. The molecule has 0 amide bonds. The van der Waals surface area contributed by atoms with Gasteiger partial charge >= 0.3 is 0 Å². The van der Waals surface area contributed by atoms with Crippen LogP contribution < -0.4 is 9.57 Å². The van der Waals surface area contributed by atoms with E-state index < -0.39 is 0 Å². The van der Waals surface area contributed by atoms with Crippen LogP contribution in [0.25, 0.3) is 10.8 Å². The Hall–Kier alpha value is -1.25. The number of ether oxygens (including phenoxy) is 1. The molecule has 2 rings (SSSR count). The lowest BCUT2D eigenvalue weighted by atomic mass is 10.0. The smallest absolute Gasteiger partial charge is 0.119 e. The molecule has 0 aliphatic heterocycles. The first-order valence-corrected chi connectivity index (χ1v) is 5.62. The maximum absolute atomic E-state index is 5.49. The van der Waals surface area contributed by atoms with Crippen LogP contribution in [0.5, 0.6) is 5.75 Å². The second-order valence-corrected chi connectivity index (χ2v) is 3.91. The Morgan fingerprint density at radius 2 is 2.12 bits per heavy atom. The van der Waals surface area contributed by atoms with Crippen molar-refractivity contribution in [3.63, 3.8) is 0 Å². The molecule has 0 heterocycles. The number of hydrogen-bond donors (Lipinski definition) is 1. The summed E-state index contributed by atoms with van der Waals surface area (Å²) in [6.45, 7) is 0.762. The van der Waals surface area contributed by atoms with Gasteiger partial charge < -0.3 is 4.74 Å². The van der Waals surface area contributed by atoms with Crippen LogP contribution >= 0.6 is 11.8 Å². The quantitative estimate of drug-likeness (QED) is 0.823. The molecule has 0 fully saturated rings. The fourth-order valence-corrected chi connectivity index (χ4v) is 1.94. The van der Waals surface area contributed by atoms with Crippen molar-refractivity contribution in [2.75, 3.05) is 13.7 Å². The highest BCUT2D eigenvalue weighted by Crippen LogP contribution is 2.24. The zero-order valence-electron chi connectivity index (χ0n) is 9.16. The largest absolute Gasteiger partial charge is 0.497 e. The molecule has 2 aromatic rings. The second kappa shape index (κ2) is 5.19. The third kappa shape index (κ3) is 2.29. The number of hydrogen-bond acceptors (Lipinski definition) is 2. The third-order valence-electron chi connectivity index (χ3n) is 2.67. The van der Waals surface area contributed by atoms with Crippen molar-refractivity contribution < 1.29 is 4.74 Å². The number of benzene rings is 2. The number of nitrogens with one attached hydrogen (secondary N) is 1. The minimum absolute atomic E-state index is 0.762. The fraction of sp³-hybridized carbons (Fsp3) is 0.231. The van der Waals surface area contributed by atoms with Gasteiger partial charge in [-0.1, -0.05) is 24.3 Å². The van der Waals surface area contributed by atoms with E-state index in [0.717, 1.165) is 18.7 Å². The Bertz CT molecular complexity index is 484. The van der Waals surface area contributed by atoms with E-state index in [1.165, 1.54) is 16.3 Å². The van der Waals surface area contributed by atoms with Crippen molar-refractivity contribution in [2.24, 2.45) is 0 Å². The second-order valence-electron chi connectivity index (χ2n) is 3.64. The molecule has 0 aliphatic carbocycles. The van der Waals surface area contributed by atoms with Crippen molar-refractivity contribution in [2.45, 2.75) is 6.42 Å². The molecule has 3 heteroatoms. The van der Waals surface area contributed by atoms with Crippen molar-refractivity contribution in [1.29, 1.82) is 0 Å². The number of methoxy groups -OCH3 is 1. The molecule has 2 nitrogen and oxygen atoms in total. The zero-order chi connectivity index (χ0) is 11.4. The van der Waals surface area contributed by atoms with Crippen molar-refractivity contribution >= 4 is 22.5 Å². The van der Waals surface area contributed by atoms with E-state index >= 15 is 0 Å². The van der Waals surface area contributed by atoms with Crippen molar-refractivity contribution in [3.8, 4) is 5.75 Å². The molecular formula is C13H14ClNO. The standard InChI is InChI=1S/C13H14ClNO/c1-16-12-6-5-10-3-2-4-11(7-8-15-14)13(10)9-12/h2-6,9,15H,7-8H2,1H3. The SMILES string of the molecule is COc1ccc2cccc(CCNCl)c2c1. The van der Waals surface area contributed by atoms with Gasteiger partial charge in [-0.15, -0.1) is 0 Å². The fourth-order valence-electron chi connectivity index (χ4n) is 1.84. The van der Waals surface area contributed by atoms with Gasteiger partial charge in [0.1, 0.15) is 5.75 Å². The average molecular weight is 236 g/mol. The molecule has 16 heavy (non-hydrogen) atoms. The Morgan fingerprint density at radius 1 is 1.25 bits per heavy atom. The molecular weight excluding hydrogens is 222 g/mol. The Labute approximate surface area is 100 Å². The number of rotatable bonds is 4. The van der Waals surface area contributed by atoms with Gasteiger partial charge in [0.05, 0.1) is 7.11 Å². The van der Waals surface area contributed by atoms with Gasteiger partial charge in [-0.3, -0.25) is 0 Å². The first kappa shape index (κ1) is 11.2. The van der Waals surface area contributed by atoms with Crippen LogP contribution in [0.2, 0.25) is 0 Å². The Kier molecular flexibility index (Phi) is 3.65. The highest BCUT2D eigenvalue weighted by atomic mass is 35.5. The molecule has 0 aliphatic rings. The third-order valence-corrected chi connectivity index (χ3v) is 2.86. The lowest BCUT2D eigenvalue weighted by Gasteiger charge is -2.07. The first-order valence-electron chi connectivity index (χ1n) is 5.24. The van der Waals surface area contributed by atoms with Crippen molar-refractivity contribution in [3.05, 3.63) is 42.0 Å². The monoisotopic (exact) mass is 235 g/mol. The summed E-state index contributed by atoms with van der Waals surface area (Å²) in [5.74, 6) is 0.888. The average Bonchev–Trinajstić information content (AvgIpc) is 2.35. The number of fused-ring (bicyclic) bond motifs is 1. The Balaban J connectivity index is 2.46. The summed E-state index contributed by atoms with van der Waals surface area (Å²) in [4.78, 5) is 2.65. The summed E-state index contributed by atoms with van der Waals surface area (Å²) in [5, 5.41) is 2.46. The highest BCUT2D eigenvalue weighted by Gasteiger charge is 2.02. The van der Waals surface area contributed by atoms with Gasteiger partial charge in [-0.2, -0.15) is 0 Å². The van der Waals surface area contributed by atoms with Gasteiger partial charge in [0.2, 0.25) is 0 Å². The topological polar surface area (TPSA) is 21.3 Å². The lowest BCUT2D eigenvalue weighted by Crippen LogP contribution is -2.04. The van der Waals surface area contributed by atoms with E-state index in [1.54, 1.807) is 7.11 Å². The molecule has 84 valence electrons. The summed E-state index contributed by atoms with van der Waals surface area (Å²) >= 11 is 5.49. The van der Waals surface area contributed by atoms with Crippen molar-refractivity contribution in [1.82, 2.24) is 4.84 Å². The molecule has 1 N–H and O–H groups in total. The number of halogens is 1. The van der Waals surface area contributed by atoms with Crippen LogP contribution in [-0.2, 0) is 6.42 Å². The molecule has 2 aromatic carbocycles. The first-order chi connectivity index (χ1) is 7.85. The molecule has 0 bridgehead atoms. The predicted octanol–water partition coefficient (Wildman–Crippen LogP) is 3.13. The van der Waals surface area contributed by atoms with E-state index in [-0.39, 0.29) is 0 Å². The minimum atomic E-state index is 0.762. The molecule has 0 saturated carbocycles. The normalized spacial score (nSPS) is 10.6. The van der Waals surface area contributed by atoms with Gasteiger partial charge in [-0.05, 0) is 46.7 Å². The summed E-state index contributed by atoms with van der Waals surface area (Å²) in [6, 6.07) is 12.4.